The number of thiazole rings is 1. The van der Waals surface area contributed by atoms with Crippen LogP contribution in [0.2, 0.25) is 0 Å². The SMILES string of the molecule is Cc1nc(C)c(C(=O)Nc2ccncc2N)s1. The van der Waals surface area contributed by atoms with Gasteiger partial charge in [0.05, 0.1) is 28.3 Å². The lowest BCUT2D eigenvalue weighted by atomic mass is 10.3. The lowest BCUT2D eigenvalue weighted by molar-refractivity contribution is 0.103. The predicted molar refractivity (Wildman–Crippen MR) is 68.2 cm³/mol. The molecule has 2 rings (SSSR count). The molecule has 0 aliphatic heterocycles. The van der Waals surface area contributed by atoms with Crippen LogP contribution < -0.4 is 11.1 Å². The molecule has 6 heteroatoms. The summed E-state index contributed by atoms with van der Waals surface area (Å²) >= 11 is 1.37. The molecule has 0 atom stereocenters. The fourth-order valence-corrected chi connectivity index (χ4v) is 2.26. The van der Waals surface area contributed by atoms with Gasteiger partial charge >= 0.3 is 0 Å². The Morgan fingerprint density at radius 2 is 2.24 bits per heavy atom. The summed E-state index contributed by atoms with van der Waals surface area (Å²) in [7, 11) is 0. The molecule has 17 heavy (non-hydrogen) atoms. The highest BCUT2D eigenvalue weighted by Crippen LogP contribution is 2.21. The first-order valence-electron chi connectivity index (χ1n) is 5.03. The molecule has 3 N–H and O–H groups in total. The minimum Gasteiger partial charge on any atom is -0.396 e. The topological polar surface area (TPSA) is 80.9 Å². The molecule has 0 saturated heterocycles. The molecule has 88 valence electrons. The number of hydrogen-bond acceptors (Lipinski definition) is 5. The van der Waals surface area contributed by atoms with Crippen LogP contribution in [0.15, 0.2) is 18.5 Å². The molecule has 0 saturated carbocycles. The highest BCUT2D eigenvalue weighted by Gasteiger charge is 2.14. The summed E-state index contributed by atoms with van der Waals surface area (Å²) in [5, 5.41) is 3.62. The van der Waals surface area contributed by atoms with E-state index in [1.165, 1.54) is 17.5 Å². The molecule has 2 aromatic heterocycles. The quantitative estimate of drug-likeness (QED) is 0.851. The number of nitrogens with one attached hydrogen (secondary N) is 1. The normalized spacial score (nSPS) is 10.2. The Hall–Kier alpha value is -1.95. The van der Waals surface area contributed by atoms with Crippen molar-refractivity contribution in [1.29, 1.82) is 0 Å². The number of aromatic nitrogens is 2. The summed E-state index contributed by atoms with van der Waals surface area (Å²) < 4.78 is 0. The van der Waals surface area contributed by atoms with Gasteiger partial charge in [-0.1, -0.05) is 0 Å². The molecule has 0 bridgehead atoms. The molecule has 0 radical (unpaired) electrons. The van der Waals surface area contributed by atoms with Crippen LogP contribution in [-0.4, -0.2) is 15.9 Å². The van der Waals surface area contributed by atoms with Crippen molar-refractivity contribution in [3.05, 3.63) is 34.0 Å². The lowest BCUT2D eigenvalue weighted by Crippen LogP contribution is -2.13. The number of hydrogen-bond donors (Lipinski definition) is 2. The van der Waals surface area contributed by atoms with Gasteiger partial charge in [-0.2, -0.15) is 0 Å². The molecule has 0 unspecified atom stereocenters. The average Bonchev–Trinajstić information content (AvgIpc) is 2.61. The van der Waals surface area contributed by atoms with E-state index in [0.717, 1.165) is 10.7 Å². The van der Waals surface area contributed by atoms with Crippen LogP contribution in [0.5, 0.6) is 0 Å². The van der Waals surface area contributed by atoms with Gasteiger partial charge in [-0.25, -0.2) is 4.98 Å². The van der Waals surface area contributed by atoms with Gasteiger partial charge in [0.1, 0.15) is 4.88 Å². The molecule has 0 aliphatic rings. The summed E-state index contributed by atoms with van der Waals surface area (Å²) in [6.45, 7) is 3.68. The van der Waals surface area contributed by atoms with Crippen molar-refractivity contribution in [3.63, 3.8) is 0 Å². The van der Waals surface area contributed by atoms with Crippen LogP contribution in [0.4, 0.5) is 11.4 Å². The second kappa shape index (κ2) is 4.50. The maximum atomic E-state index is 12.0. The van der Waals surface area contributed by atoms with E-state index in [1.54, 1.807) is 12.3 Å². The molecule has 2 heterocycles. The van der Waals surface area contributed by atoms with E-state index in [-0.39, 0.29) is 5.91 Å². The van der Waals surface area contributed by atoms with Crippen molar-refractivity contribution in [2.24, 2.45) is 0 Å². The number of carbonyl (C=O) groups excluding carboxylic acids is 1. The molecule has 2 aromatic rings. The standard InChI is InChI=1S/C11H12N4OS/c1-6-10(17-7(2)14-6)11(16)15-9-3-4-13-5-8(9)12/h3-5H,12H2,1-2H3,(H,13,15,16). The van der Waals surface area contributed by atoms with E-state index >= 15 is 0 Å². The first kappa shape index (κ1) is 11.5. The first-order chi connectivity index (χ1) is 8.08. The largest absolute Gasteiger partial charge is 0.396 e. The summed E-state index contributed by atoms with van der Waals surface area (Å²) in [4.78, 5) is 20.7. The monoisotopic (exact) mass is 248 g/mol. The van der Waals surface area contributed by atoms with Crippen molar-refractivity contribution in [2.75, 3.05) is 11.1 Å². The van der Waals surface area contributed by atoms with Crippen molar-refractivity contribution >= 4 is 28.6 Å². The van der Waals surface area contributed by atoms with E-state index in [4.69, 9.17) is 5.73 Å². The van der Waals surface area contributed by atoms with Crippen molar-refractivity contribution in [3.8, 4) is 0 Å². The van der Waals surface area contributed by atoms with Crippen molar-refractivity contribution in [2.45, 2.75) is 13.8 Å². The number of nitrogens with two attached hydrogens (primary N) is 1. The van der Waals surface area contributed by atoms with E-state index in [9.17, 15) is 4.79 Å². The van der Waals surface area contributed by atoms with Crippen LogP contribution in [0.25, 0.3) is 0 Å². The second-order valence-corrected chi connectivity index (χ2v) is 4.77. The zero-order valence-electron chi connectivity index (χ0n) is 9.52. The van der Waals surface area contributed by atoms with E-state index < -0.39 is 0 Å². The maximum Gasteiger partial charge on any atom is 0.267 e. The minimum atomic E-state index is -0.189. The number of nitrogens with zero attached hydrogens (tertiary/aromatic N) is 2. The highest BCUT2D eigenvalue weighted by atomic mass is 32.1. The smallest absolute Gasteiger partial charge is 0.267 e. The molecular weight excluding hydrogens is 236 g/mol. The molecule has 5 nitrogen and oxygen atoms in total. The van der Waals surface area contributed by atoms with Gasteiger partial charge in [-0.3, -0.25) is 9.78 Å². The summed E-state index contributed by atoms with van der Waals surface area (Å²) in [5.74, 6) is -0.189. The Morgan fingerprint density at radius 1 is 1.47 bits per heavy atom. The first-order valence-corrected chi connectivity index (χ1v) is 5.84. The summed E-state index contributed by atoms with van der Waals surface area (Å²) in [6.07, 6.45) is 3.08. The van der Waals surface area contributed by atoms with Crippen LogP contribution >= 0.6 is 11.3 Å². The fourth-order valence-electron chi connectivity index (χ4n) is 1.44. The van der Waals surface area contributed by atoms with Crippen LogP contribution in [0.1, 0.15) is 20.4 Å². The zero-order valence-corrected chi connectivity index (χ0v) is 10.3. The number of nitrogen functional groups attached to an aromatic ring is 1. The third-order valence-corrected chi connectivity index (χ3v) is 3.28. The highest BCUT2D eigenvalue weighted by molar-refractivity contribution is 7.13. The maximum absolute atomic E-state index is 12.0. The number of aryl methyl sites for hydroxylation is 2. The van der Waals surface area contributed by atoms with E-state index in [1.807, 2.05) is 13.8 Å². The summed E-state index contributed by atoms with van der Waals surface area (Å²) in [5.41, 5.74) is 7.44. The number of rotatable bonds is 2. The molecule has 1 amide bonds. The van der Waals surface area contributed by atoms with Crippen molar-refractivity contribution < 1.29 is 4.79 Å². The molecule has 0 aliphatic carbocycles. The Labute approximate surface area is 103 Å². The zero-order chi connectivity index (χ0) is 12.4. The van der Waals surface area contributed by atoms with Gasteiger partial charge in [0.25, 0.3) is 5.91 Å². The Balaban J connectivity index is 2.23. The Morgan fingerprint density at radius 3 is 2.82 bits per heavy atom. The number of anilines is 2. The van der Waals surface area contributed by atoms with Crippen LogP contribution in [0.3, 0.4) is 0 Å². The molecule has 0 spiro atoms. The Bertz CT molecular complexity index is 564. The fraction of sp³-hybridized carbons (Fsp3) is 0.182. The third kappa shape index (κ3) is 2.42. The predicted octanol–water partition coefficient (Wildman–Crippen LogP) is 1.99. The Kier molecular flexibility index (Phi) is 3.06. The van der Waals surface area contributed by atoms with Crippen LogP contribution in [0, 0.1) is 13.8 Å². The lowest BCUT2D eigenvalue weighted by Gasteiger charge is -2.06. The van der Waals surface area contributed by atoms with Gasteiger partial charge in [-0.05, 0) is 19.9 Å². The van der Waals surface area contributed by atoms with Crippen molar-refractivity contribution in [1.82, 2.24) is 9.97 Å². The second-order valence-electron chi connectivity index (χ2n) is 3.56. The van der Waals surface area contributed by atoms with E-state index in [0.29, 0.717) is 16.3 Å². The molecule has 0 fully saturated rings. The number of carbonyl (C=O) groups is 1. The van der Waals surface area contributed by atoms with Gasteiger partial charge < -0.3 is 11.1 Å². The van der Waals surface area contributed by atoms with Gasteiger partial charge in [0.15, 0.2) is 0 Å². The number of amides is 1. The molecule has 0 aromatic carbocycles. The molecular formula is C11H12N4OS. The van der Waals surface area contributed by atoms with Gasteiger partial charge in [0.2, 0.25) is 0 Å². The van der Waals surface area contributed by atoms with Gasteiger partial charge in [-0.15, -0.1) is 11.3 Å². The van der Waals surface area contributed by atoms with Gasteiger partial charge in [0, 0.05) is 6.20 Å². The third-order valence-electron chi connectivity index (χ3n) is 2.21. The van der Waals surface area contributed by atoms with E-state index in [2.05, 4.69) is 15.3 Å². The minimum absolute atomic E-state index is 0.189. The van der Waals surface area contributed by atoms with Crippen LogP contribution in [-0.2, 0) is 0 Å². The average molecular weight is 248 g/mol. The summed E-state index contributed by atoms with van der Waals surface area (Å²) in [6, 6.07) is 1.66. The number of pyridine rings is 1.